The summed E-state index contributed by atoms with van der Waals surface area (Å²) in [5, 5.41) is 3.24. The maximum atomic E-state index is 11.3. The molecule has 4 nitrogen and oxygen atoms in total. The predicted molar refractivity (Wildman–Crippen MR) is 53.0 cm³/mol. The maximum absolute atomic E-state index is 11.3. The van der Waals surface area contributed by atoms with Gasteiger partial charge in [0, 0.05) is 13.7 Å². The molecule has 0 bridgehead atoms. The molecule has 1 N–H and O–H groups in total. The van der Waals surface area contributed by atoms with Gasteiger partial charge in [0.2, 0.25) is 0 Å². The van der Waals surface area contributed by atoms with E-state index in [-0.39, 0.29) is 12.1 Å². The van der Waals surface area contributed by atoms with Crippen LogP contribution in [0.25, 0.3) is 0 Å². The molecule has 0 aromatic rings. The number of ether oxygens (including phenoxy) is 2. The SMILES string of the molecule is CCOC(=O)C[C@@H]1CCNC[C@@H]1OC. The van der Waals surface area contributed by atoms with Crippen LogP contribution in [0.1, 0.15) is 19.8 Å². The van der Waals surface area contributed by atoms with E-state index < -0.39 is 0 Å². The first-order chi connectivity index (χ1) is 6.77. The number of nitrogens with one attached hydrogen (secondary N) is 1. The van der Waals surface area contributed by atoms with E-state index in [1.807, 2.05) is 6.92 Å². The summed E-state index contributed by atoms with van der Waals surface area (Å²) in [5.41, 5.74) is 0. The van der Waals surface area contributed by atoms with Gasteiger partial charge in [-0.3, -0.25) is 4.79 Å². The Bertz CT molecular complexity index is 184. The molecule has 0 aliphatic carbocycles. The van der Waals surface area contributed by atoms with Gasteiger partial charge in [-0.25, -0.2) is 0 Å². The Balaban J connectivity index is 2.36. The van der Waals surface area contributed by atoms with Crippen molar-refractivity contribution < 1.29 is 14.3 Å². The zero-order chi connectivity index (χ0) is 10.4. The number of piperidine rings is 1. The molecule has 0 amide bonds. The molecule has 0 saturated carbocycles. The molecule has 0 radical (unpaired) electrons. The lowest BCUT2D eigenvalue weighted by atomic mass is 9.92. The Kier molecular flexibility index (Phi) is 4.90. The number of carbonyl (C=O) groups excluding carboxylic acids is 1. The molecule has 0 aromatic carbocycles. The van der Waals surface area contributed by atoms with Gasteiger partial charge in [0.1, 0.15) is 0 Å². The summed E-state index contributed by atoms with van der Waals surface area (Å²) in [6.07, 6.45) is 1.61. The topological polar surface area (TPSA) is 47.6 Å². The lowest BCUT2D eigenvalue weighted by Crippen LogP contribution is -2.42. The van der Waals surface area contributed by atoms with Crippen LogP contribution >= 0.6 is 0 Å². The Morgan fingerprint density at radius 1 is 1.57 bits per heavy atom. The number of hydrogen-bond acceptors (Lipinski definition) is 4. The number of methoxy groups -OCH3 is 1. The maximum Gasteiger partial charge on any atom is 0.306 e. The quantitative estimate of drug-likeness (QED) is 0.675. The Labute approximate surface area is 85.0 Å². The van der Waals surface area contributed by atoms with Crippen LogP contribution in [0, 0.1) is 5.92 Å². The molecule has 1 aliphatic rings. The second-order valence-electron chi connectivity index (χ2n) is 3.54. The Morgan fingerprint density at radius 3 is 3.00 bits per heavy atom. The first-order valence-corrected chi connectivity index (χ1v) is 5.17. The molecule has 0 unspecified atom stereocenters. The fraction of sp³-hybridized carbons (Fsp3) is 0.900. The molecule has 0 aromatic heterocycles. The smallest absolute Gasteiger partial charge is 0.306 e. The molecule has 1 heterocycles. The van der Waals surface area contributed by atoms with Crippen molar-refractivity contribution in [2.75, 3.05) is 26.8 Å². The highest BCUT2D eigenvalue weighted by atomic mass is 16.5. The standard InChI is InChI=1S/C10H19NO3/c1-3-14-10(12)6-8-4-5-11-7-9(8)13-2/h8-9,11H,3-7H2,1-2H3/t8-,9-/m0/s1. The van der Waals surface area contributed by atoms with E-state index in [4.69, 9.17) is 9.47 Å². The van der Waals surface area contributed by atoms with Gasteiger partial charge < -0.3 is 14.8 Å². The van der Waals surface area contributed by atoms with Crippen molar-refractivity contribution in [2.45, 2.75) is 25.9 Å². The highest BCUT2D eigenvalue weighted by molar-refractivity contribution is 5.69. The zero-order valence-corrected chi connectivity index (χ0v) is 8.91. The second-order valence-corrected chi connectivity index (χ2v) is 3.54. The molecule has 1 fully saturated rings. The van der Waals surface area contributed by atoms with Crippen LogP contribution in [-0.2, 0) is 14.3 Å². The van der Waals surface area contributed by atoms with E-state index in [0.717, 1.165) is 19.5 Å². The fourth-order valence-electron chi connectivity index (χ4n) is 1.83. The third kappa shape index (κ3) is 3.27. The molecule has 1 rings (SSSR count). The van der Waals surface area contributed by atoms with Crippen molar-refractivity contribution in [3.63, 3.8) is 0 Å². The average Bonchev–Trinajstić information content (AvgIpc) is 2.19. The highest BCUT2D eigenvalue weighted by Gasteiger charge is 2.27. The summed E-state index contributed by atoms with van der Waals surface area (Å²) in [7, 11) is 1.69. The van der Waals surface area contributed by atoms with Gasteiger partial charge in [0.05, 0.1) is 19.1 Å². The van der Waals surface area contributed by atoms with Gasteiger partial charge in [0.15, 0.2) is 0 Å². The normalized spacial score (nSPS) is 27.3. The second kappa shape index (κ2) is 5.98. The largest absolute Gasteiger partial charge is 0.466 e. The molecule has 2 atom stereocenters. The first-order valence-electron chi connectivity index (χ1n) is 5.17. The van der Waals surface area contributed by atoms with Gasteiger partial charge in [-0.2, -0.15) is 0 Å². The number of rotatable bonds is 4. The van der Waals surface area contributed by atoms with Crippen molar-refractivity contribution in [3.05, 3.63) is 0 Å². The van der Waals surface area contributed by atoms with E-state index in [0.29, 0.717) is 18.9 Å². The minimum Gasteiger partial charge on any atom is -0.466 e. The summed E-state index contributed by atoms with van der Waals surface area (Å²) >= 11 is 0. The van der Waals surface area contributed by atoms with Crippen LogP contribution in [0.5, 0.6) is 0 Å². The zero-order valence-electron chi connectivity index (χ0n) is 8.91. The Hall–Kier alpha value is -0.610. The summed E-state index contributed by atoms with van der Waals surface area (Å²) in [4.78, 5) is 11.3. The van der Waals surface area contributed by atoms with Crippen LogP contribution in [0.4, 0.5) is 0 Å². The lowest BCUT2D eigenvalue weighted by molar-refractivity contribution is -0.145. The molecule has 1 saturated heterocycles. The van der Waals surface area contributed by atoms with Crippen LogP contribution in [0.15, 0.2) is 0 Å². The molecule has 0 spiro atoms. The van der Waals surface area contributed by atoms with E-state index in [9.17, 15) is 4.79 Å². The summed E-state index contributed by atoms with van der Waals surface area (Å²) in [6.45, 7) is 4.08. The highest BCUT2D eigenvalue weighted by Crippen LogP contribution is 2.19. The van der Waals surface area contributed by atoms with Crippen LogP contribution in [-0.4, -0.2) is 38.9 Å². The average molecular weight is 201 g/mol. The molecular formula is C10H19NO3. The van der Waals surface area contributed by atoms with Crippen molar-refractivity contribution in [3.8, 4) is 0 Å². The summed E-state index contributed by atoms with van der Waals surface area (Å²) in [5.74, 6) is 0.196. The van der Waals surface area contributed by atoms with E-state index in [1.165, 1.54) is 0 Å². The third-order valence-electron chi connectivity index (χ3n) is 2.60. The Morgan fingerprint density at radius 2 is 2.36 bits per heavy atom. The third-order valence-corrected chi connectivity index (χ3v) is 2.60. The van der Waals surface area contributed by atoms with Crippen molar-refractivity contribution in [1.82, 2.24) is 5.32 Å². The minimum absolute atomic E-state index is 0.110. The van der Waals surface area contributed by atoms with Gasteiger partial charge in [-0.05, 0) is 25.8 Å². The minimum atomic E-state index is -0.110. The van der Waals surface area contributed by atoms with E-state index in [2.05, 4.69) is 5.32 Å². The summed E-state index contributed by atoms with van der Waals surface area (Å²) < 4.78 is 10.2. The fourth-order valence-corrected chi connectivity index (χ4v) is 1.83. The molecule has 14 heavy (non-hydrogen) atoms. The molecule has 4 heteroatoms. The number of carbonyl (C=O) groups is 1. The van der Waals surface area contributed by atoms with Crippen LogP contribution < -0.4 is 5.32 Å². The number of hydrogen-bond donors (Lipinski definition) is 1. The van der Waals surface area contributed by atoms with Gasteiger partial charge in [-0.15, -0.1) is 0 Å². The molecular weight excluding hydrogens is 182 g/mol. The molecule has 82 valence electrons. The van der Waals surface area contributed by atoms with Gasteiger partial charge >= 0.3 is 5.97 Å². The van der Waals surface area contributed by atoms with E-state index >= 15 is 0 Å². The van der Waals surface area contributed by atoms with Crippen molar-refractivity contribution in [1.29, 1.82) is 0 Å². The predicted octanol–water partition coefficient (Wildman–Crippen LogP) is 0.564. The lowest BCUT2D eigenvalue weighted by Gasteiger charge is -2.30. The van der Waals surface area contributed by atoms with Gasteiger partial charge in [-0.1, -0.05) is 0 Å². The monoisotopic (exact) mass is 201 g/mol. The molecule has 1 aliphatic heterocycles. The van der Waals surface area contributed by atoms with Gasteiger partial charge in [0.25, 0.3) is 0 Å². The summed E-state index contributed by atoms with van der Waals surface area (Å²) in [6, 6.07) is 0. The van der Waals surface area contributed by atoms with Crippen LogP contribution in [0.3, 0.4) is 0 Å². The van der Waals surface area contributed by atoms with Crippen molar-refractivity contribution in [2.24, 2.45) is 5.92 Å². The number of esters is 1. The van der Waals surface area contributed by atoms with Crippen molar-refractivity contribution >= 4 is 5.97 Å². The first kappa shape index (κ1) is 11.5. The van der Waals surface area contributed by atoms with Crippen LogP contribution in [0.2, 0.25) is 0 Å². The van der Waals surface area contributed by atoms with E-state index in [1.54, 1.807) is 7.11 Å².